The third-order valence-corrected chi connectivity index (χ3v) is 2.91. The lowest BCUT2D eigenvalue weighted by Gasteiger charge is -2.13. The van der Waals surface area contributed by atoms with Crippen molar-refractivity contribution in [3.05, 3.63) is 29.1 Å². The first-order valence-corrected chi connectivity index (χ1v) is 5.09. The number of rotatable bonds is 3. The Morgan fingerprint density at radius 3 is 2.67 bits per heavy atom. The topological polar surface area (TPSA) is 29.5 Å². The van der Waals surface area contributed by atoms with E-state index in [-0.39, 0.29) is 5.82 Å². The van der Waals surface area contributed by atoms with Crippen molar-refractivity contribution in [1.82, 2.24) is 0 Å². The lowest BCUT2D eigenvalue weighted by atomic mass is 10.0. The molecular weight excluding hydrogens is 195 g/mol. The molecular formula is C12H15FO2. The smallest absolute Gasteiger partial charge is 0.126 e. The van der Waals surface area contributed by atoms with E-state index in [9.17, 15) is 9.50 Å². The number of halogens is 1. The second-order valence-electron chi connectivity index (χ2n) is 4.31. The molecule has 0 spiro atoms. The number of methoxy groups -OCH3 is 1. The summed E-state index contributed by atoms with van der Waals surface area (Å²) in [5.74, 6) is 0.421. The maximum atomic E-state index is 13.4. The molecule has 0 saturated heterocycles. The van der Waals surface area contributed by atoms with Crippen LogP contribution in [0.15, 0.2) is 12.1 Å². The van der Waals surface area contributed by atoms with E-state index < -0.39 is 5.60 Å². The van der Waals surface area contributed by atoms with Gasteiger partial charge in [0.05, 0.1) is 12.7 Å². The fraction of sp³-hybridized carbons (Fsp3) is 0.500. The Morgan fingerprint density at radius 2 is 2.13 bits per heavy atom. The van der Waals surface area contributed by atoms with E-state index in [1.54, 1.807) is 20.1 Å². The molecule has 0 amide bonds. The second kappa shape index (κ2) is 3.49. The van der Waals surface area contributed by atoms with E-state index in [0.29, 0.717) is 17.7 Å². The Bertz CT molecular complexity index is 383. The van der Waals surface area contributed by atoms with Crippen LogP contribution >= 0.6 is 0 Å². The summed E-state index contributed by atoms with van der Waals surface area (Å²) in [5, 5.41) is 9.78. The predicted molar refractivity (Wildman–Crippen MR) is 55.6 cm³/mol. The Hall–Kier alpha value is -1.09. The lowest BCUT2D eigenvalue weighted by molar-refractivity contribution is 0.150. The summed E-state index contributed by atoms with van der Waals surface area (Å²) in [4.78, 5) is 0. The summed E-state index contributed by atoms with van der Waals surface area (Å²) in [7, 11) is 1.56. The van der Waals surface area contributed by atoms with Gasteiger partial charge in [0.1, 0.15) is 11.6 Å². The first kappa shape index (κ1) is 10.4. The molecule has 1 aromatic rings. The predicted octanol–water partition coefficient (Wildman–Crippen LogP) is 2.21. The molecule has 15 heavy (non-hydrogen) atoms. The van der Waals surface area contributed by atoms with E-state index >= 15 is 0 Å². The van der Waals surface area contributed by atoms with Crippen molar-refractivity contribution in [3.8, 4) is 5.75 Å². The summed E-state index contributed by atoms with van der Waals surface area (Å²) >= 11 is 0. The van der Waals surface area contributed by atoms with Crippen molar-refractivity contribution in [3.63, 3.8) is 0 Å². The van der Waals surface area contributed by atoms with Gasteiger partial charge in [-0.3, -0.25) is 0 Å². The summed E-state index contributed by atoms with van der Waals surface area (Å²) in [6.45, 7) is 1.70. The van der Waals surface area contributed by atoms with Gasteiger partial charge in [-0.05, 0) is 43.0 Å². The van der Waals surface area contributed by atoms with Crippen molar-refractivity contribution in [1.29, 1.82) is 0 Å². The van der Waals surface area contributed by atoms with Crippen LogP contribution in [0.5, 0.6) is 5.75 Å². The molecule has 0 unspecified atom stereocenters. The zero-order valence-electron chi connectivity index (χ0n) is 9.01. The van der Waals surface area contributed by atoms with Crippen LogP contribution in [0, 0.1) is 12.7 Å². The minimum absolute atomic E-state index is 0.241. The average molecular weight is 210 g/mol. The van der Waals surface area contributed by atoms with Gasteiger partial charge in [-0.2, -0.15) is 0 Å². The van der Waals surface area contributed by atoms with E-state index in [1.165, 1.54) is 6.07 Å². The van der Waals surface area contributed by atoms with Gasteiger partial charge in [-0.1, -0.05) is 0 Å². The summed E-state index contributed by atoms with van der Waals surface area (Å²) in [6.07, 6.45) is 2.07. The lowest BCUT2D eigenvalue weighted by Crippen LogP contribution is -2.12. The summed E-state index contributed by atoms with van der Waals surface area (Å²) in [6, 6.07) is 3.14. The minimum atomic E-state index is -0.616. The second-order valence-corrected chi connectivity index (χ2v) is 4.31. The summed E-state index contributed by atoms with van der Waals surface area (Å²) in [5.41, 5.74) is 0.702. The number of aryl methyl sites for hydroxylation is 1. The molecule has 0 radical (unpaired) electrons. The van der Waals surface area contributed by atoms with Crippen LogP contribution in [-0.2, 0) is 6.42 Å². The van der Waals surface area contributed by atoms with Crippen molar-refractivity contribution in [2.75, 3.05) is 7.11 Å². The van der Waals surface area contributed by atoms with Gasteiger partial charge >= 0.3 is 0 Å². The van der Waals surface area contributed by atoms with Gasteiger partial charge in [0.25, 0.3) is 0 Å². The van der Waals surface area contributed by atoms with Crippen LogP contribution in [-0.4, -0.2) is 17.8 Å². The zero-order valence-corrected chi connectivity index (χ0v) is 9.01. The Morgan fingerprint density at radius 1 is 1.47 bits per heavy atom. The van der Waals surface area contributed by atoms with Crippen molar-refractivity contribution in [2.24, 2.45) is 0 Å². The molecule has 0 aliphatic heterocycles. The molecule has 2 rings (SSSR count). The first-order valence-electron chi connectivity index (χ1n) is 5.09. The average Bonchev–Trinajstić information content (AvgIpc) is 2.89. The van der Waals surface area contributed by atoms with Gasteiger partial charge in [0.15, 0.2) is 0 Å². The van der Waals surface area contributed by atoms with E-state index in [1.807, 2.05) is 0 Å². The van der Waals surface area contributed by atoms with Crippen LogP contribution in [0.2, 0.25) is 0 Å². The zero-order chi connectivity index (χ0) is 11.1. The maximum Gasteiger partial charge on any atom is 0.126 e. The third kappa shape index (κ3) is 2.12. The number of hydrogen-bond acceptors (Lipinski definition) is 2. The quantitative estimate of drug-likeness (QED) is 0.828. The standard InChI is InChI=1S/C12H15FO2/c1-8-5-11(15-2)9(6-10(8)13)7-12(14)3-4-12/h5-6,14H,3-4,7H2,1-2H3. The molecule has 1 fully saturated rings. The molecule has 1 aliphatic rings. The van der Waals surface area contributed by atoms with Crippen LogP contribution in [0.25, 0.3) is 0 Å². The normalized spacial score (nSPS) is 17.6. The van der Waals surface area contributed by atoms with Gasteiger partial charge in [0.2, 0.25) is 0 Å². The van der Waals surface area contributed by atoms with Crippen molar-refractivity contribution < 1.29 is 14.2 Å². The van der Waals surface area contributed by atoms with Gasteiger partial charge in [-0.15, -0.1) is 0 Å². The molecule has 2 nitrogen and oxygen atoms in total. The molecule has 3 heteroatoms. The van der Waals surface area contributed by atoms with Crippen LogP contribution in [0.1, 0.15) is 24.0 Å². The number of ether oxygens (including phenoxy) is 1. The maximum absolute atomic E-state index is 13.4. The van der Waals surface area contributed by atoms with Crippen molar-refractivity contribution in [2.45, 2.75) is 31.8 Å². The molecule has 0 atom stereocenters. The molecule has 0 bridgehead atoms. The Labute approximate surface area is 88.7 Å². The third-order valence-electron chi connectivity index (χ3n) is 2.91. The fourth-order valence-corrected chi connectivity index (χ4v) is 1.70. The first-order chi connectivity index (χ1) is 7.04. The molecule has 82 valence electrons. The van der Waals surface area contributed by atoms with E-state index in [4.69, 9.17) is 4.74 Å². The number of benzene rings is 1. The van der Waals surface area contributed by atoms with Gasteiger partial charge < -0.3 is 9.84 Å². The van der Waals surface area contributed by atoms with Gasteiger partial charge in [-0.25, -0.2) is 4.39 Å². The SMILES string of the molecule is COc1cc(C)c(F)cc1CC1(O)CC1. The van der Waals surface area contributed by atoms with Crippen molar-refractivity contribution >= 4 is 0 Å². The summed E-state index contributed by atoms with van der Waals surface area (Å²) < 4.78 is 18.5. The molecule has 1 N–H and O–H groups in total. The highest BCUT2D eigenvalue weighted by atomic mass is 19.1. The van der Waals surface area contributed by atoms with E-state index in [0.717, 1.165) is 18.4 Å². The monoisotopic (exact) mass is 210 g/mol. The van der Waals surface area contributed by atoms with Gasteiger partial charge in [0, 0.05) is 6.42 Å². The highest BCUT2D eigenvalue weighted by Crippen LogP contribution is 2.40. The van der Waals surface area contributed by atoms with Crippen LogP contribution in [0.3, 0.4) is 0 Å². The Kier molecular flexibility index (Phi) is 2.43. The minimum Gasteiger partial charge on any atom is -0.496 e. The Balaban J connectivity index is 2.31. The fourth-order valence-electron chi connectivity index (χ4n) is 1.70. The molecule has 1 aliphatic carbocycles. The number of hydrogen-bond donors (Lipinski definition) is 1. The molecule has 1 saturated carbocycles. The van der Waals surface area contributed by atoms with Crippen LogP contribution in [0.4, 0.5) is 4.39 Å². The van der Waals surface area contributed by atoms with Crippen LogP contribution < -0.4 is 4.74 Å². The number of aliphatic hydroxyl groups is 1. The molecule has 0 aromatic heterocycles. The molecule has 0 heterocycles. The largest absolute Gasteiger partial charge is 0.496 e. The van der Waals surface area contributed by atoms with E-state index in [2.05, 4.69) is 0 Å². The highest BCUT2D eigenvalue weighted by Gasteiger charge is 2.40. The highest BCUT2D eigenvalue weighted by molar-refractivity contribution is 5.39. The molecule has 1 aromatic carbocycles.